The van der Waals surface area contributed by atoms with Crippen LogP contribution in [0.3, 0.4) is 0 Å². The minimum atomic E-state index is -1.03. The van der Waals surface area contributed by atoms with E-state index in [0.29, 0.717) is 6.54 Å². The van der Waals surface area contributed by atoms with Crippen LogP contribution in [0.2, 0.25) is 0 Å². The molecule has 18 heavy (non-hydrogen) atoms. The first-order valence-corrected chi connectivity index (χ1v) is 6.19. The summed E-state index contributed by atoms with van der Waals surface area (Å²) >= 11 is 1.48. The number of rotatable bonds is 7. The van der Waals surface area contributed by atoms with Crippen molar-refractivity contribution in [2.45, 2.75) is 6.54 Å². The van der Waals surface area contributed by atoms with E-state index in [1.807, 2.05) is 5.38 Å². The third kappa shape index (κ3) is 5.60. The summed E-state index contributed by atoms with van der Waals surface area (Å²) in [5.41, 5.74) is 2.54. The molecule has 1 heterocycles. The van der Waals surface area contributed by atoms with Gasteiger partial charge in [0.1, 0.15) is 6.61 Å². The lowest BCUT2D eigenvalue weighted by Crippen LogP contribution is -2.38. The number of carboxylic acids is 1. The molecule has 1 aromatic rings. The summed E-state index contributed by atoms with van der Waals surface area (Å²) in [6, 6.07) is -0.248. The second-order valence-corrected chi connectivity index (χ2v) is 4.23. The molecule has 0 unspecified atom stereocenters. The van der Waals surface area contributed by atoms with E-state index >= 15 is 0 Å². The van der Waals surface area contributed by atoms with Gasteiger partial charge in [-0.25, -0.2) is 14.6 Å². The molecule has 0 bridgehead atoms. The number of carbonyl (C=O) groups excluding carboxylic acids is 1. The molecule has 100 valence electrons. The highest BCUT2D eigenvalue weighted by atomic mass is 32.1. The topological polar surface area (TPSA) is 91.8 Å². The molecule has 0 aliphatic carbocycles. The lowest BCUT2D eigenvalue weighted by atomic mass is 10.4. The molecule has 8 heteroatoms. The zero-order valence-corrected chi connectivity index (χ0v) is 10.8. The number of aromatic nitrogens is 1. The number of carboxylic acid groups (broad SMARTS) is 1. The highest BCUT2D eigenvalue weighted by Gasteiger charge is 2.09. The Bertz CT molecular complexity index is 382. The monoisotopic (exact) mass is 273 g/mol. The molecule has 1 rings (SSSR count). The van der Waals surface area contributed by atoms with Crippen LogP contribution in [0, 0.1) is 0 Å². The van der Waals surface area contributed by atoms with Crippen LogP contribution in [-0.2, 0) is 16.1 Å². The van der Waals surface area contributed by atoms with Crippen LogP contribution in [0.1, 0.15) is 5.69 Å². The maximum absolute atomic E-state index is 11.6. The molecule has 7 nitrogen and oxygen atoms in total. The van der Waals surface area contributed by atoms with Gasteiger partial charge in [-0.2, -0.15) is 0 Å². The molecule has 1 aromatic heterocycles. The van der Waals surface area contributed by atoms with E-state index in [1.54, 1.807) is 12.6 Å². The van der Waals surface area contributed by atoms with Crippen LogP contribution in [0.15, 0.2) is 10.9 Å². The molecule has 2 amide bonds. The highest BCUT2D eigenvalue weighted by molar-refractivity contribution is 7.07. The van der Waals surface area contributed by atoms with E-state index in [0.717, 1.165) is 5.69 Å². The van der Waals surface area contributed by atoms with Crippen molar-refractivity contribution < 1.29 is 19.4 Å². The number of hydrogen-bond donors (Lipinski definition) is 2. The van der Waals surface area contributed by atoms with Crippen molar-refractivity contribution in [3.8, 4) is 0 Å². The van der Waals surface area contributed by atoms with Crippen LogP contribution in [0.4, 0.5) is 4.79 Å². The zero-order chi connectivity index (χ0) is 13.4. The summed E-state index contributed by atoms with van der Waals surface area (Å²) in [6.07, 6.45) is 0. The molecule has 0 aliphatic heterocycles. The third-order valence-electron chi connectivity index (χ3n) is 1.98. The predicted octanol–water partition coefficient (Wildman–Crippen LogP) is 0.386. The van der Waals surface area contributed by atoms with Gasteiger partial charge in [0, 0.05) is 19.0 Å². The van der Waals surface area contributed by atoms with Crippen molar-refractivity contribution in [1.29, 1.82) is 0 Å². The van der Waals surface area contributed by atoms with Gasteiger partial charge in [0.15, 0.2) is 0 Å². The first-order valence-electron chi connectivity index (χ1n) is 5.25. The first-order chi connectivity index (χ1) is 8.59. The SMILES string of the molecule is CN(Cc1cscn1)C(=O)NCCOCC(=O)O. The van der Waals surface area contributed by atoms with Gasteiger partial charge in [0.2, 0.25) is 0 Å². The number of amides is 2. The lowest BCUT2D eigenvalue weighted by molar-refractivity contribution is -0.142. The number of urea groups is 1. The smallest absolute Gasteiger partial charge is 0.329 e. The van der Waals surface area contributed by atoms with Crippen LogP contribution < -0.4 is 5.32 Å². The Morgan fingerprint density at radius 1 is 1.61 bits per heavy atom. The Hall–Kier alpha value is -1.67. The first kappa shape index (κ1) is 14.4. The van der Waals surface area contributed by atoms with Crippen molar-refractivity contribution in [2.75, 3.05) is 26.8 Å². The summed E-state index contributed by atoms with van der Waals surface area (Å²) in [7, 11) is 1.66. The fourth-order valence-electron chi connectivity index (χ4n) is 1.15. The van der Waals surface area contributed by atoms with Crippen LogP contribution >= 0.6 is 11.3 Å². The molecule has 0 atom stereocenters. The summed E-state index contributed by atoms with van der Waals surface area (Å²) < 4.78 is 4.79. The van der Waals surface area contributed by atoms with Gasteiger partial charge in [-0.05, 0) is 0 Å². The van der Waals surface area contributed by atoms with Crippen LogP contribution in [-0.4, -0.2) is 53.8 Å². The molecule has 2 N–H and O–H groups in total. The largest absolute Gasteiger partial charge is 0.480 e. The second kappa shape index (κ2) is 7.62. The van der Waals surface area contributed by atoms with Gasteiger partial charge in [-0.1, -0.05) is 0 Å². The van der Waals surface area contributed by atoms with Crippen LogP contribution in [0.5, 0.6) is 0 Å². The molecule has 0 saturated carbocycles. The van der Waals surface area contributed by atoms with E-state index < -0.39 is 5.97 Å². The summed E-state index contributed by atoms with van der Waals surface area (Å²) in [6.45, 7) is 0.520. The summed E-state index contributed by atoms with van der Waals surface area (Å²) in [5, 5.41) is 12.8. The Labute approximate surface area is 108 Å². The number of nitrogens with one attached hydrogen (secondary N) is 1. The van der Waals surface area contributed by atoms with Gasteiger partial charge in [-0.15, -0.1) is 11.3 Å². The van der Waals surface area contributed by atoms with E-state index in [-0.39, 0.29) is 25.8 Å². The molecular weight excluding hydrogens is 258 g/mol. The number of thiazole rings is 1. The van der Waals surface area contributed by atoms with Crippen molar-refractivity contribution in [1.82, 2.24) is 15.2 Å². The molecule has 0 spiro atoms. The number of hydrogen-bond acceptors (Lipinski definition) is 5. The predicted molar refractivity (Wildman–Crippen MR) is 65.4 cm³/mol. The number of nitrogens with zero attached hydrogens (tertiary/aromatic N) is 2. The maximum atomic E-state index is 11.6. The molecule has 0 fully saturated rings. The van der Waals surface area contributed by atoms with E-state index in [9.17, 15) is 9.59 Å². The molecular formula is C10H15N3O4S. The standard InChI is InChI=1S/C10H15N3O4S/c1-13(4-8-6-18-7-12-8)10(16)11-2-3-17-5-9(14)15/h6-7H,2-5H2,1H3,(H,11,16)(H,14,15). The fraction of sp³-hybridized carbons (Fsp3) is 0.500. The Morgan fingerprint density at radius 3 is 3.00 bits per heavy atom. The van der Waals surface area contributed by atoms with Crippen molar-refractivity contribution in [3.05, 3.63) is 16.6 Å². The average molecular weight is 273 g/mol. The average Bonchev–Trinajstić information content (AvgIpc) is 2.80. The molecule has 0 aliphatic rings. The van der Waals surface area contributed by atoms with E-state index in [4.69, 9.17) is 9.84 Å². The number of carbonyl (C=O) groups is 2. The minimum Gasteiger partial charge on any atom is -0.480 e. The van der Waals surface area contributed by atoms with Gasteiger partial charge >= 0.3 is 12.0 Å². The summed E-state index contributed by atoms with van der Waals surface area (Å²) in [4.78, 5) is 27.3. The Kier molecular flexibility index (Phi) is 6.09. The van der Waals surface area contributed by atoms with Gasteiger partial charge in [-0.3, -0.25) is 0 Å². The van der Waals surface area contributed by atoms with Crippen molar-refractivity contribution >= 4 is 23.3 Å². The van der Waals surface area contributed by atoms with Gasteiger partial charge < -0.3 is 20.1 Å². The molecule has 0 aromatic carbocycles. The van der Waals surface area contributed by atoms with E-state index in [2.05, 4.69) is 10.3 Å². The maximum Gasteiger partial charge on any atom is 0.329 e. The minimum absolute atomic E-state index is 0.169. The van der Waals surface area contributed by atoms with Crippen molar-refractivity contribution in [3.63, 3.8) is 0 Å². The Morgan fingerprint density at radius 2 is 2.39 bits per heavy atom. The van der Waals surface area contributed by atoms with Gasteiger partial charge in [0.05, 0.1) is 24.4 Å². The third-order valence-corrected chi connectivity index (χ3v) is 2.61. The normalized spacial score (nSPS) is 10.1. The number of ether oxygens (including phenoxy) is 1. The summed E-state index contributed by atoms with van der Waals surface area (Å²) in [5.74, 6) is -1.03. The Balaban J connectivity index is 2.14. The zero-order valence-electron chi connectivity index (χ0n) is 9.96. The highest BCUT2D eigenvalue weighted by Crippen LogP contribution is 2.03. The fourth-order valence-corrected chi connectivity index (χ4v) is 1.70. The van der Waals surface area contributed by atoms with Gasteiger partial charge in [0.25, 0.3) is 0 Å². The molecule has 0 radical (unpaired) electrons. The quantitative estimate of drug-likeness (QED) is 0.701. The number of aliphatic carboxylic acids is 1. The molecule has 0 saturated heterocycles. The van der Waals surface area contributed by atoms with E-state index in [1.165, 1.54) is 16.2 Å². The second-order valence-electron chi connectivity index (χ2n) is 3.51. The van der Waals surface area contributed by atoms with Crippen molar-refractivity contribution in [2.24, 2.45) is 0 Å². The van der Waals surface area contributed by atoms with Crippen LogP contribution in [0.25, 0.3) is 0 Å². The lowest BCUT2D eigenvalue weighted by Gasteiger charge is -2.16.